The van der Waals surface area contributed by atoms with E-state index in [2.05, 4.69) is 0 Å². The lowest BCUT2D eigenvalue weighted by Gasteiger charge is -2.02. The molecule has 16 heavy (non-hydrogen) atoms. The van der Waals surface area contributed by atoms with Gasteiger partial charge in [0.1, 0.15) is 5.75 Å². The highest BCUT2D eigenvalue weighted by molar-refractivity contribution is 8.01. The first-order valence-electron chi connectivity index (χ1n) is 4.86. The van der Waals surface area contributed by atoms with E-state index in [1.54, 1.807) is 29.7 Å². The van der Waals surface area contributed by atoms with E-state index in [0.717, 1.165) is 5.56 Å². The molecule has 0 atom stereocenters. The molecular formula is C12H14O3S. The van der Waals surface area contributed by atoms with E-state index in [9.17, 15) is 4.79 Å². The summed E-state index contributed by atoms with van der Waals surface area (Å²) >= 11 is 1.45. The van der Waals surface area contributed by atoms with Crippen LogP contribution in [0.3, 0.4) is 0 Å². The molecule has 0 amide bonds. The van der Waals surface area contributed by atoms with Crippen LogP contribution >= 0.6 is 11.8 Å². The average molecular weight is 238 g/mol. The lowest BCUT2D eigenvalue weighted by molar-refractivity contribution is -0.137. The van der Waals surface area contributed by atoms with Crippen LogP contribution in [0.4, 0.5) is 0 Å². The smallest absolute Gasteiger partial charge is 0.331 e. The highest BCUT2D eigenvalue weighted by Crippen LogP contribution is 2.10. The minimum absolute atomic E-state index is 0.239. The third kappa shape index (κ3) is 4.89. The molecule has 0 radical (unpaired) electrons. The van der Waals surface area contributed by atoms with Crippen molar-refractivity contribution in [2.45, 2.75) is 6.42 Å². The SMILES string of the molecule is CS/C=C/C(=O)OCCc1ccc(O)cc1. The van der Waals surface area contributed by atoms with Crippen molar-refractivity contribution in [3.8, 4) is 5.75 Å². The molecule has 0 saturated heterocycles. The molecule has 0 spiro atoms. The molecule has 86 valence electrons. The van der Waals surface area contributed by atoms with Gasteiger partial charge in [-0.05, 0) is 29.4 Å². The summed E-state index contributed by atoms with van der Waals surface area (Å²) < 4.78 is 4.98. The molecule has 0 aliphatic carbocycles. The van der Waals surface area contributed by atoms with Crippen molar-refractivity contribution < 1.29 is 14.6 Å². The first kappa shape index (κ1) is 12.6. The van der Waals surface area contributed by atoms with E-state index in [0.29, 0.717) is 13.0 Å². The molecule has 4 heteroatoms. The van der Waals surface area contributed by atoms with Crippen molar-refractivity contribution in [2.24, 2.45) is 0 Å². The van der Waals surface area contributed by atoms with Crippen molar-refractivity contribution in [1.82, 2.24) is 0 Å². The normalized spacial score (nSPS) is 10.6. The second-order valence-electron chi connectivity index (χ2n) is 3.12. The molecule has 0 unspecified atom stereocenters. The monoisotopic (exact) mass is 238 g/mol. The van der Waals surface area contributed by atoms with Crippen molar-refractivity contribution in [3.63, 3.8) is 0 Å². The Morgan fingerprint density at radius 3 is 2.75 bits per heavy atom. The number of benzene rings is 1. The largest absolute Gasteiger partial charge is 0.508 e. The third-order valence-corrected chi connectivity index (χ3v) is 2.32. The summed E-state index contributed by atoms with van der Waals surface area (Å²) in [6.45, 7) is 0.350. The van der Waals surface area contributed by atoms with Gasteiger partial charge in [0.05, 0.1) is 6.61 Å². The van der Waals surface area contributed by atoms with Crippen LogP contribution in [0.25, 0.3) is 0 Å². The number of rotatable bonds is 5. The second kappa shape index (κ2) is 6.95. The summed E-state index contributed by atoms with van der Waals surface area (Å²) in [5.74, 6) is -0.0863. The summed E-state index contributed by atoms with van der Waals surface area (Å²) in [6.07, 6.45) is 3.93. The van der Waals surface area contributed by atoms with Gasteiger partial charge in [0, 0.05) is 12.5 Å². The molecule has 1 rings (SSSR count). The molecule has 1 N–H and O–H groups in total. The van der Waals surface area contributed by atoms with Crippen LogP contribution in [-0.2, 0) is 16.0 Å². The summed E-state index contributed by atoms with van der Waals surface area (Å²) in [6, 6.07) is 6.84. The Morgan fingerprint density at radius 1 is 1.44 bits per heavy atom. The number of carbonyl (C=O) groups excluding carboxylic acids is 1. The Labute approximate surface area is 99.1 Å². The summed E-state index contributed by atoms with van der Waals surface area (Å²) in [5, 5.41) is 10.8. The lowest BCUT2D eigenvalue weighted by atomic mass is 10.1. The zero-order chi connectivity index (χ0) is 11.8. The maximum absolute atomic E-state index is 11.1. The van der Waals surface area contributed by atoms with Gasteiger partial charge >= 0.3 is 5.97 Å². The van der Waals surface area contributed by atoms with Gasteiger partial charge in [-0.1, -0.05) is 12.1 Å². The Morgan fingerprint density at radius 2 is 2.12 bits per heavy atom. The molecule has 3 nitrogen and oxygen atoms in total. The van der Waals surface area contributed by atoms with E-state index in [-0.39, 0.29) is 11.7 Å². The number of phenols is 1. The number of hydrogen-bond donors (Lipinski definition) is 1. The maximum atomic E-state index is 11.1. The van der Waals surface area contributed by atoms with Crippen molar-refractivity contribution in [2.75, 3.05) is 12.9 Å². The van der Waals surface area contributed by atoms with E-state index in [1.165, 1.54) is 17.8 Å². The van der Waals surface area contributed by atoms with Crippen LogP contribution in [-0.4, -0.2) is 23.9 Å². The second-order valence-corrected chi connectivity index (χ2v) is 3.87. The van der Waals surface area contributed by atoms with Crippen LogP contribution in [0.5, 0.6) is 5.75 Å². The Balaban J connectivity index is 2.28. The third-order valence-electron chi connectivity index (χ3n) is 1.91. The maximum Gasteiger partial charge on any atom is 0.331 e. The van der Waals surface area contributed by atoms with Gasteiger partial charge in [-0.3, -0.25) is 0 Å². The number of esters is 1. The summed E-state index contributed by atoms with van der Waals surface area (Å²) in [4.78, 5) is 11.1. The van der Waals surface area contributed by atoms with Crippen molar-refractivity contribution in [1.29, 1.82) is 0 Å². The first-order valence-corrected chi connectivity index (χ1v) is 6.15. The van der Waals surface area contributed by atoms with Crippen molar-refractivity contribution in [3.05, 3.63) is 41.3 Å². The predicted molar refractivity (Wildman–Crippen MR) is 65.4 cm³/mol. The number of hydrogen-bond acceptors (Lipinski definition) is 4. The molecule has 1 aromatic rings. The van der Waals surface area contributed by atoms with Gasteiger partial charge in [-0.15, -0.1) is 11.8 Å². The topological polar surface area (TPSA) is 46.5 Å². The Kier molecular flexibility index (Phi) is 5.50. The minimum Gasteiger partial charge on any atom is -0.508 e. The molecule has 0 bridgehead atoms. The Hall–Kier alpha value is -1.42. The van der Waals surface area contributed by atoms with Gasteiger partial charge in [-0.2, -0.15) is 0 Å². The van der Waals surface area contributed by atoms with Crippen molar-refractivity contribution >= 4 is 17.7 Å². The van der Waals surface area contributed by atoms with Crippen LogP contribution < -0.4 is 0 Å². The summed E-state index contributed by atoms with van der Waals surface area (Å²) in [5.41, 5.74) is 1.03. The first-order chi connectivity index (χ1) is 7.72. The number of ether oxygens (including phenoxy) is 1. The molecule has 0 aliphatic rings. The average Bonchev–Trinajstić information content (AvgIpc) is 2.29. The van der Waals surface area contributed by atoms with Crippen LogP contribution in [0.1, 0.15) is 5.56 Å². The Bertz CT molecular complexity index is 357. The predicted octanol–water partition coefficient (Wildman–Crippen LogP) is 2.35. The minimum atomic E-state index is -0.326. The van der Waals surface area contributed by atoms with E-state index >= 15 is 0 Å². The zero-order valence-electron chi connectivity index (χ0n) is 9.05. The molecule has 1 aromatic carbocycles. The van der Waals surface area contributed by atoms with Gasteiger partial charge < -0.3 is 9.84 Å². The summed E-state index contributed by atoms with van der Waals surface area (Å²) in [7, 11) is 0. The van der Waals surface area contributed by atoms with E-state index in [1.807, 2.05) is 6.26 Å². The van der Waals surface area contributed by atoms with Crippen LogP contribution in [0.2, 0.25) is 0 Å². The number of thioether (sulfide) groups is 1. The highest BCUT2D eigenvalue weighted by Gasteiger charge is 1.98. The van der Waals surface area contributed by atoms with Gasteiger partial charge in [0.2, 0.25) is 0 Å². The fraction of sp³-hybridized carbons (Fsp3) is 0.250. The van der Waals surface area contributed by atoms with Gasteiger partial charge in [0.15, 0.2) is 0 Å². The van der Waals surface area contributed by atoms with E-state index in [4.69, 9.17) is 9.84 Å². The molecule has 0 heterocycles. The fourth-order valence-corrected chi connectivity index (χ4v) is 1.35. The molecule has 0 aromatic heterocycles. The molecule has 0 saturated carbocycles. The van der Waals surface area contributed by atoms with Gasteiger partial charge in [0.25, 0.3) is 0 Å². The fourth-order valence-electron chi connectivity index (χ4n) is 1.10. The molecular weight excluding hydrogens is 224 g/mol. The number of carbonyl (C=O) groups is 1. The molecule has 0 fully saturated rings. The lowest BCUT2D eigenvalue weighted by Crippen LogP contribution is -2.04. The van der Waals surface area contributed by atoms with Crippen LogP contribution in [0.15, 0.2) is 35.7 Å². The number of phenolic OH excluding ortho intramolecular Hbond substituents is 1. The van der Waals surface area contributed by atoms with Crippen LogP contribution in [0, 0.1) is 0 Å². The number of aromatic hydroxyl groups is 1. The van der Waals surface area contributed by atoms with Gasteiger partial charge in [-0.25, -0.2) is 4.79 Å². The molecule has 0 aliphatic heterocycles. The standard InChI is InChI=1S/C12H14O3S/c1-16-9-7-12(14)15-8-6-10-2-4-11(13)5-3-10/h2-5,7,9,13H,6,8H2,1H3/b9-7+. The zero-order valence-corrected chi connectivity index (χ0v) is 9.87. The van der Waals surface area contributed by atoms with E-state index < -0.39 is 0 Å². The quantitative estimate of drug-likeness (QED) is 0.632. The highest BCUT2D eigenvalue weighted by atomic mass is 32.2.